The van der Waals surface area contributed by atoms with Crippen LogP contribution in [0.2, 0.25) is 0 Å². The van der Waals surface area contributed by atoms with Gasteiger partial charge in [-0.1, -0.05) is 11.6 Å². The van der Waals surface area contributed by atoms with Crippen LogP contribution in [0.1, 0.15) is 11.4 Å². The van der Waals surface area contributed by atoms with Crippen molar-refractivity contribution in [1.82, 2.24) is 14.9 Å². The first kappa shape index (κ1) is 15.1. The average Bonchev–Trinajstić information content (AvgIpc) is 2.49. The molecule has 3 rings (SSSR count). The number of ether oxygens (including phenoxy) is 2. The first-order valence-electron chi connectivity index (χ1n) is 7.52. The van der Waals surface area contributed by atoms with Crippen molar-refractivity contribution in [3.8, 4) is 0 Å². The molecule has 0 bridgehead atoms. The van der Waals surface area contributed by atoms with E-state index in [4.69, 9.17) is 15.2 Å². The van der Waals surface area contributed by atoms with Crippen LogP contribution in [0.15, 0.2) is 18.2 Å². The zero-order chi connectivity index (χ0) is 15.5. The summed E-state index contributed by atoms with van der Waals surface area (Å²) in [7, 11) is 2.02. The Morgan fingerprint density at radius 3 is 2.95 bits per heavy atom. The van der Waals surface area contributed by atoms with E-state index in [2.05, 4.69) is 14.9 Å². The van der Waals surface area contributed by atoms with Crippen molar-refractivity contribution in [2.45, 2.75) is 19.6 Å². The number of nitrogens with zero attached hydrogens (tertiary/aromatic N) is 3. The van der Waals surface area contributed by atoms with E-state index < -0.39 is 0 Å². The molecule has 1 fully saturated rings. The number of benzene rings is 1. The van der Waals surface area contributed by atoms with Crippen molar-refractivity contribution >= 4 is 16.7 Å². The van der Waals surface area contributed by atoms with Crippen LogP contribution < -0.4 is 5.73 Å². The number of fused-ring (bicyclic) bond motifs is 1. The Hall–Kier alpha value is -1.76. The first-order chi connectivity index (χ1) is 10.6. The second kappa shape index (κ2) is 6.56. The number of aryl methyl sites for hydroxylation is 1. The maximum absolute atomic E-state index is 6.07. The lowest BCUT2D eigenvalue weighted by molar-refractivity contribution is -0.0964. The van der Waals surface area contributed by atoms with E-state index in [-0.39, 0.29) is 6.10 Å². The Bertz CT molecular complexity index is 656. The van der Waals surface area contributed by atoms with Gasteiger partial charge in [0.25, 0.3) is 0 Å². The van der Waals surface area contributed by atoms with Gasteiger partial charge in [-0.25, -0.2) is 9.97 Å². The molecule has 0 spiro atoms. The van der Waals surface area contributed by atoms with Gasteiger partial charge >= 0.3 is 0 Å². The van der Waals surface area contributed by atoms with Gasteiger partial charge < -0.3 is 15.2 Å². The highest BCUT2D eigenvalue weighted by molar-refractivity contribution is 5.88. The zero-order valence-corrected chi connectivity index (χ0v) is 13.1. The number of likely N-dealkylation sites (N-methyl/N-ethyl adjacent to an activating group) is 1. The summed E-state index contributed by atoms with van der Waals surface area (Å²) in [6.07, 6.45) is 0.110. The van der Waals surface area contributed by atoms with Crippen LogP contribution in [0.3, 0.4) is 0 Å². The molecule has 1 unspecified atom stereocenters. The van der Waals surface area contributed by atoms with Crippen molar-refractivity contribution in [2.75, 3.05) is 39.1 Å². The lowest BCUT2D eigenvalue weighted by atomic mass is 10.1. The first-order valence-corrected chi connectivity index (χ1v) is 7.52. The van der Waals surface area contributed by atoms with E-state index in [0.717, 1.165) is 28.8 Å². The molecule has 22 heavy (non-hydrogen) atoms. The van der Waals surface area contributed by atoms with Crippen LogP contribution in [0.5, 0.6) is 0 Å². The smallest absolute Gasteiger partial charge is 0.145 e. The highest BCUT2D eigenvalue weighted by Crippen LogP contribution is 2.19. The molecular formula is C16H22N4O2. The normalized spacial score (nSPS) is 19.0. The van der Waals surface area contributed by atoms with E-state index in [1.165, 1.54) is 0 Å². The maximum atomic E-state index is 6.07. The predicted molar refractivity (Wildman–Crippen MR) is 85.6 cm³/mol. The summed E-state index contributed by atoms with van der Waals surface area (Å²) in [5.41, 5.74) is 8.11. The van der Waals surface area contributed by atoms with E-state index >= 15 is 0 Å². The molecule has 1 saturated heterocycles. The Morgan fingerprint density at radius 1 is 1.32 bits per heavy atom. The van der Waals surface area contributed by atoms with Gasteiger partial charge in [0.15, 0.2) is 0 Å². The Labute approximate surface area is 130 Å². The van der Waals surface area contributed by atoms with E-state index in [1.807, 2.05) is 32.2 Å². The van der Waals surface area contributed by atoms with Crippen molar-refractivity contribution in [2.24, 2.45) is 0 Å². The fraction of sp³-hybridized carbons (Fsp3) is 0.500. The molecule has 2 heterocycles. The highest BCUT2D eigenvalue weighted by Gasteiger charge is 2.17. The molecule has 0 radical (unpaired) electrons. The molecule has 1 aromatic carbocycles. The Balaban J connectivity index is 1.71. The lowest BCUT2D eigenvalue weighted by Gasteiger charge is -2.27. The van der Waals surface area contributed by atoms with E-state index in [9.17, 15) is 0 Å². The van der Waals surface area contributed by atoms with Gasteiger partial charge in [-0.3, -0.25) is 4.90 Å². The summed E-state index contributed by atoms with van der Waals surface area (Å²) in [6, 6.07) is 6.05. The Kier molecular flexibility index (Phi) is 4.52. The van der Waals surface area contributed by atoms with Crippen molar-refractivity contribution in [3.05, 3.63) is 29.6 Å². The Morgan fingerprint density at radius 2 is 2.18 bits per heavy atom. The van der Waals surface area contributed by atoms with Crippen LogP contribution in [-0.2, 0) is 16.0 Å². The fourth-order valence-corrected chi connectivity index (χ4v) is 2.68. The molecule has 0 amide bonds. The largest absolute Gasteiger partial charge is 0.383 e. The van der Waals surface area contributed by atoms with Gasteiger partial charge in [0.1, 0.15) is 11.6 Å². The van der Waals surface area contributed by atoms with Crippen LogP contribution in [-0.4, -0.2) is 54.4 Å². The van der Waals surface area contributed by atoms with Crippen LogP contribution in [0, 0.1) is 6.92 Å². The van der Waals surface area contributed by atoms with Gasteiger partial charge in [0, 0.05) is 11.9 Å². The van der Waals surface area contributed by atoms with Crippen LogP contribution >= 0.6 is 0 Å². The summed E-state index contributed by atoms with van der Waals surface area (Å²) < 4.78 is 11.1. The summed E-state index contributed by atoms with van der Waals surface area (Å²) >= 11 is 0. The standard InChI is InChI=1S/C16H22N4O2/c1-11-3-4-14-13(7-11)16(17)19-15(18-14)9-20(2)8-12-10-21-5-6-22-12/h3-4,7,12H,5-6,8-10H2,1-2H3,(H2,17,18,19). The molecule has 1 atom stereocenters. The van der Waals surface area contributed by atoms with Gasteiger partial charge in [-0.15, -0.1) is 0 Å². The molecular weight excluding hydrogens is 280 g/mol. The SMILES string of the molecule is Cc1ccc2nc(CN(C)CC3COCCO3)nc(N)c2c1. The lowest BCUT2D eigenvalue weighted by Crippen LogP contribution is -2.38. The highest BCUT2D eigenvalue weighted by atomic mass is 16.6. The molecule has 1 aromatic heterocycles. The predicted octanol–water partition coefficient (Wildman–Crippen LogP) is 1.37. The summed E-state index contributed by atoms with van der Waals surface area (Å²) in [5, 5.41) is 0.912. The minimum atomic E-state index is 0.110. The number of anilines is 1. The van der Waals surface area contributed by atoms with Gasteiger partial charge in [0.05, 0.1) is 38.0 Å². The molecule has 6 heteroatoms. The molecule has 118 valence electrons. The third-order valence-corrected chi connectivity index (χ3v) is 3.74. The molecule has 1 aliphatic heterocycles. The number of aromatic nitrogens is 2. The average molecular weight is 302 g/mol. The summed E-state index contributed by atoms with van der Waals surface area (Å²) in [5.74, 6) is 1.27. The third kappa shape index (κ3) is 3.52. The number of hydrogen-bond donors (Lipinski definition) is 1. The van der Waals surface area contributed by atoms with E-state index in [1.54, 1.807) is 0 Å². The fourth-order valence-electron chi connectivity index (χ4n) is 2.68. The number of hydrogen-bond acceptors (Lipinski definition) is 6. The zero-order valence-electron chi connectivity index (χ0n) is 13.1. The van der Waals surface area contributed by atoms with Crippen molar-refractivity contribution in [3.63, 3.8) is 0 Å². The molecule has 0 saturated carbocycles. The van der Waals surface area contributed by atoms with Crippen molar-refractivity contribution in [1.29, 1.82) is 0 Å². The van der Waals surface area contributed by atoms with Crippen LogP contribution in [0.25, 0.3) is 10.9 Å². The summed E-state index contributed by atoms with van der Waals surface area (Å²) in [4.78, 5) is 11.2. The van der Waals surface area contributed by atoms with Gasteiger partial charge in [0.2, 0.25) is 0 Å². The molecule has 1 aliphatic rings. The second-order valence-electron chi connectivity index (χ2n) is 5.81. The molecule has 2 aromatic rings. The van der Waals surface area contributed by atoms with E-state index in [0.29, 0.717) is 32.2 Å². The number of rotatable bonds is 4. The molecule has 6 nitrogen and oxygen atoms in total. The minimum absolute atomic E-state index is 0.110. The number of nitrogen functional groups attached to an aromatic ring is 1. The minimum Gasteiger partial charge on any atom is -0.383 e. The second-order valence-corrected chi connectivity index (χ2v) is 5.81. The van der Waals surface area contributed by atoms with Gasteiger partial charge in [-0.05, 0) is 26.1 Å². The summed E-state index contributed by atoms with van der Waals surface area (Å²) in [6.45, 7) is 5.45. The van der Waals surface area contributed by atoms with Gasteiger partial charge in [-0.2, -0.15) is 0 Å². The molecule has 0 aliphatic carbocycles. The van der Waals surface area contributed by atoms with Crippen LogP contribution in [0.4, 0.5) is 5.82 Å². The maximum Gasteiger partial charge on any atom is 0.145 e. The third-order valence-electron chi connectivity index (χ3n) is 3.74. The number of nitrogens with two attached hydrogens (primary N) is 1. The monoisotopic (exact) mass is 302 g/mol. The quantitative estimate of drug-likeness (QED) is 0.919. The van der Waals surface area contributed by atoms with Crippen molar-refractivity contribution < 1.29 is 9.47 Å². The topological polar surface area (TPSA) is 73.5 Å². The molecule has 2 N–H and O–H groups in total.